The van der Waals surface area contributed by atoms with E-state index in [-0.39, 0.29) is 18.5 Å². The molecule has 2 aromatic rings. The topological polar surface area (TPSA) is 57.3 Å². The molecule has 5 rings (SSSR count). The Bertz CT molecular complexity index is 1040. The van der Waals surface area contributed by atoms with Crippen molar-refractivity contribution < 1.29 is 31.8 Å². The van der Waals surface area contributed by atoms with Crippen LogP contribution in [-0.4, -0.2) is 82.2 Å². The molecule has 7 nitrogen and oxygen atoms in total. The van der Waals surface area contributed by atoms with E-state index in [9.17, 15) is 22.4 Å². The largest absolute Gasteiger partial charge is 0.444 e. The van der Waals surface area contributed by atoms with Gasteiger partial charge >= 0.3 is 6.09 Å². The van der Waals surface area contributed by atoms with Gasteiger partial charge in [-0.3, -0.25) is 0 Å². The monoisotopic (exact) mass is 604 g/mol. The number of nitrogens with one attached hydrogen (secondary N) is 1. The van der Waals surface area contributed by atoms with Crippen molar-refractivity contribution in [3.8, 4) is 0 Å². The van der Waals surface area contributed by atoms with Crippen LogP contribution < -0.4 is 15.1 Å². The number of rotatable bonds is 2. The first kappa shape index (κ1) is 34.4. The molecule has 3 saturated heterocycles. The van der Waals surface area contributed by atoms with Crippen LogP contribution in [0, 0.1) is 23.3 Å². The molecule has 0 radical (unpaired) electrons. The summed E-state index contributed by atoms with van der Waals surface area (Å²) in [5.74, 6) is -2.23. The van der Waals surface area contributed by atoms with E-state index in [1.54, 1.807) is 4.90 Å². The fraction of sp³-hybridized carbons (Fsp3) is 0.552. The second kappa shape index (κ2) is 16.6. The third-order valence-corrected chi connectivity index (χ3v) is 6.30. The van der Waals surface area contributed by atoms with E-state index < -0.39 is 28.9 Å². The summed E-state index contributed by atoms with van der Waals surface area (Å²) in [5, 5.41) is 3.18. The summed E-state index contributed by atoms with van der Waals surface area (Å²) in [6.07, 6.45) is 2.20. The molecule has 3 aliphatic rings. The lowest BCUT2D eigenvalue weighted by Crippen LogP contribution is -2.50. The van der Waals surface area contributed by atoms with Crippen LogP contribution in [0.25, 0.3) is 0 Å². The predicted octanol–water partition coefficient (Wildman–Crippen LogP) is 5.61. The Kier molecular flexibility index (Phi) is 14.0. The standard InChI is InChI=1S/C15H20F2N2O2.C10H12F2N2.C4H8O.ClH/c1-15(2,3)21-14(20)19-6-4-18(5-7-19)13-9-11(16)8-12(17)10-13;11-8-5-9(12)7-10(6-8)14-3-1-13-2-4-14;1-2-4-5-3-1;/h8-10H,4-7H2,1-3H3;5-7,13H,1-4H2;1-4H2;1H. The maximum Gasteiger partial charge on any atom is 0.410 e. The van der Waals surface area contributed by atoms with Crippen LogP contribution in [0.2, 0.25) is 0 Å². The molecule has 0 atom stereocenters. The first-order valence-electron chi connectivity index (χ1n) is 13.7. The minimum Gasteiger partial charge on any atom is -0.444 e. The lowest BCUT2D eigenvalue weighted by Gasteiger charge is -2.36. The second-order valence-corrected chi connectivity index (χ2v) is 10.8. The van der Waals surface area contributed by atoms with Crippen molar-refractivity contribution >= 4 is 29.9 Å². The summed E-state index contributed by atoms with van der Waals surface area (Å²) >= 11 is 0. The number of halogens is 5. The van der Waals surface area contributed by atoms with E-state index in [0.29, 0.717) is 37.6 Å². The van der Waals surface area contributed by atoms with Crippen molar-refractivity contribution in [1.82, 2.24) is 10.2 Å². The Morgan fingerprint density at radius 1 is 0.732 bits per heavy atom. The SMILES string of the molecule is C1CCOC1.CC(C)(C)OC(=O)N1CCN(c2cc(F)cc(F)c2)CC1.Cl.Fc1cc(F)cc(N2CCNCC2)c1. The molecule has 0 unspecified atom stereocenters. The van der Waals surface area contributed by atoms with Gasteiger partial charge in [0.15, 0.2) is 0 Å². The van der Waals surface area contributed by atoms with E-state index in [1.807, 2.05) is 30.6 Å². The Morgan fingerprint density at radius 3 is 1.51 bits per heavy atom. The highest BCUT2D eigenvalue weighted by molar-refractivity contribution is 5.85. The number of nitrogens with zero attached hydrogens (tertiary/aromatic N) is 3. The van der Waals surface area contributed by atoms with Gasteiger partial charge in [-0.1, -0.05) is 0 Å². The van der Waals surface area contributed by atoms with Crippen molar-refractivity contribution in [3.05, 3.63) is 59.7 Å². The van der Waals surface area contributed by atoms with E-state index in [0.717, 1.165) is 51.5 Å². The zero-order chi connectivity index (χ0) is 29.1. The van der Waals surface area contributed by atoms with Crippen LogP contribution in [-0.2, 0) is 9.47 Å². The number of piperazine rings is 2. The molecule has 3 aliphatic heterocycles. The van der Waals surface area contributed by atoms with Crippen molar-refractivity contribution in [2.75, 3.05) is 75.4 Å². The molecular formula is C29H41ClF4N4O3. The number of hydrogen-bond acceptors (Lipinski definition) is 6. The number of hydrogen-bond donors (Lipinski definition) is 1. The third kappa shape index (κ3) is 12.3. The van der Waals surface area contributed by atoms with E-state index >= 15 is 0 Å². The number of anilines is 2. The van der Waals surface area contributed by atoms with Crippen LogP contribution >= 0.6 is 12.4 Å². The van der Waals surface area contributed by atoms with Gasteiger partial charge in [0.05, 0.1) is 0 Å². The molecule has 0 aromatic heterocycles. The van der Waals surface area contributed by atoms with Crippen molar-refractivity contribution in [2.24, 2.45) is 0 Å². The summed E-state index contributed by atoms with van der Waals surface area (Å²) in [6, 6.07) is 7.08. The van der Waals surface area contributed by atoms with Crippen LogP contribution in [0.1, 0.15) is 33.6 Å². The minimum atomic E-state index is -0.598. The Hall–Kier alpha value is -2.76. The second-order valence-electron chi connectivity index (χ2n) is 10.8. The van der Waals surface area contributed by atoms with E-state index in [4.69, 9.17) is 9.47 Å². The van der Waals surface area contributed by atoms with Gasteiger partial charge in [0.1, 0.15) is 28.9 Å². The number of carbonyl (C=O) groups excluding carboxylic acids is 1. The maximum absolute atomic E-state index is 13.2. The van der Waals surface area contributed by atoms with Crippen molar-refractivity contribution in [1.29, 1.82) is 0 Å². The molecule has 2 aromatic carbocycles. The molecule has 0 spiro atoms. The predicted molar refractivity (Wildman–Crippen MR) is 155 cm³/mol. The van der Waals surface area contributed by atoms with E-state index in [2.05, 4.69) is 5.32 Å². The van der Waals surface area contributed by atoms with Crippen LogP contribution in [0.5, 0.6) is 0 Å². The Balaban J connectivity index is 0.000000251. The first-order chi connectivity index (χ1) is 19.0. The third-order valence-electron chi connectivity index (χ3n) is 6.30. The fourth-order valence-electron chi connectivity index (χ4n) is 4.35. The van der Waals surface area contributed by atoms with Gasteiger partial charge in [0.25, 0.3) is 0 Å². The van der Waals surface area contributed by atoms with Crippen molar-refractivity contribution in [3.63, 3.8) is 0 Å². The highest BCUT2D eigenvalue weighted by atomic mass is 35.5. The zero-order valence-corrected chi connectivity index (χ0v) is 24.8. The summed E-state index contributed by atoms with van der Waals surface area (Å²) in [6.45, 7) is 12.7. The average molecular weight is 605 g/mol. The van der Waals surface area contributed by atoms with Crippen LogP contribution in [0.3, 0.4) is 0 Å². The number of ether oxygens (including phenoxy) is 2. The molecule has 12 heteroatoms. The summed E-state index contributed by atoms with van der Waals surface area (Å²) in [7, 11) is 0. The molecular weight excluding hydrogens is 564 g/mol. The molecule has 0 aliphatic carbocycles. The fourth-order valence-corrected chi connectivity index (χ4v) is 4.35. The Labute approximate surface area is 246 Å². The molecule has 1 amide bonds. The molecule has 41 heavy (non-hydrogen) atoms. The van der Waals surface area contributed by atoms with E-state index in [1.165, 1.54) is 37.1 Å². The molecule has 3 fully saturated rings. The minimum absolute atomic E-state index is 0. The molecule has 3 heterocycles. The van der Waals surface area contributed by atoms with Crippen LogP contribution in [0.15, 0.2) is 36.4 Å². The van der Waals surface area contributed by atoms with Gasteiger partial charge in [0.2, 0.25) is 0 Å². The zero-order valence-electron chi connectivity index (χ0n) is 23.9. The quantitative estimate of drug-likeness (QED) is 0.450. The van der Waals surface area contributed by atoms with Crippen molar-refractivity contribution in [2.45, 2.75) is 39.2 Å². The number of benzene rings is 2. The van der Waals surface area contributed by atoms with Gasteiger partial charge in [-0.15, -0.1) is 12.4 Å². The highest BCUT2D eigenvalue weighted by Crippen LogP contribution is 2.21. The molecule has 230 valence electrons. The van der Waals surface area contributed by atoms with Crippen LogP contribution in [0.4, 0.5) is 33.7 Å². The number of carbonyl (C=O) groups is 1. The molecule has 1 N–H and O–H groups in total. The molecule has 0 saturated carbocycles. The average Bonchev–Trinajstić information content (AvgIpc) is 3.48. The highest BCUT2D eigenvalue weighted by Gasteiger charge is 2.26. The maximum atomic E-state index is 13.2. The Morgan fingerprint density at radius 2 is 1.15 bits per heavy atom. The summed E-state index contributed by atoms with van der Waals surface area (Å²) in [4.78, 5) is 17.4. The lowest BCUT2D eigenvalue weighted by molar-refractivity contribution is 0.0240. The normalized spacial score (nSPS) is 17.0. The van der Waals surface area contributed by atoms with Gasteiger partial charge in [-0.05, 0) is 57.9 Å². The number of amides is 1. The summed E-state index contributed by atoms with van der Waals surface area (Å²) < 4.78 is 62.5. The van der Waals surface area contributed by atoms with Gasteiger partial charge in [-0.2, -0.15) is 0 Å². The van der Waals surface area contributed by atoms with Gasteiger partial charge in [0, 0.05) is 89.1 Å². The smallest absolute Gasteiger partial charge is 0.410 e. The van der Waals surface area contributed by atoms with Gasteiger partial charge < -0.3 is 29.5 Å². The summed E-state index contributed by atoms with van der Waals surface area (Å²) in [5.41, 5.74) is 0.597. The van der Waals surface area contributed by atoms with Gasteiger partial charge in [-0.25, -0.2) is 22.4 Å². The molecule has 0 bridgehead atoms. The first-order valence-corrected chi connectivity index (χ1v) is 13.7. The lowest BCUT2D eigenvalue weighted by atomic mass is 10.2.